The first-order valence-electron chi connectivity index (χ1n) is 6.22. The van der Waals surface area contributed by atoms with E-state index in [1.54, 1.807) is 19.1 Å². The van der Waals surface area contributed by atoms with Crippen LogP contribution in [-0.4, -0.2) is 17.5 Å². The molecule has 0 amide bonds. The van der Waals surface area contributed by atoms with Crippen LogP contribution in [0.4, 0.5) is 5.69 Å². The van der Waals surface area contributed by atoms with Crippen LogP contribution in [0.1, 0.15) is 24.5 Å². The van der Waals surface area contributed by atoms with E-state index in [-0.39, 0.29) is 11.7 Å². The van der Waals surface area contributed by atoms with Crippen LogP contribution in [0.3, 0.4) is 0 Å². The molecule has 0 spiro atoms. The molecule has 2 rings (SSSR count). The van der Waals surface area contributed by atoms with Crippen molar-refractivity contribution >= 4 is 11.7 Å². The van der Waals surface area contributed by atoms with E-state index in [0.717, 1.165) is 29.5 Å². The molecule has 1 aliphatic rings. The van der Waals surface area contributed by atoms with Crippen molar-refractivity contribution in [3.8, 4) is 0 Å². The fourth-order valence-corrected chi connectivity index (χ4v) is 2.24. The number of nitrogens with zero attached hydrogens (tertiary/aromatic N) is 1. The van der Waals surface area contributed by atoms with Crippen LogP contribution >= 0.6 is 0 Å². The fourth-order valence-electron chi connectivity index (χ4n) is 2.24. The van der Waals surface area contributed by atoms with Crippen molar-refractivity contribution in [2.45, 2.75) is 26.2 Å². The first-order valence-corrected chi connectivity index (χ1v) is 6.22. The quantitative estimate of drug-likeness (QED) is 0.363. The fraction of sp³-hybridized carbons (Fsp3) is 0.357. The topological polar surface area (TPSA) is 69.4 Å². The first kappa shape index (κ1) is 13.3. The van der Waals surface area contributed by atoms with Gasteiger partial charge in [0.25, 0.3) is 5.69 Å². The third kappa shape index (κ3) is 3.19. The lowest BCUT2D eigenvalue weighted by Gasteiger charge is -2.18. The number of benzene rings is 1. The van der Waals surface area contributed by atoms with Crippen LogP contribution in [0.5, 0.6) is 0 Å². The van der Waals surface area contributed by atoms with Crippen molar-refractivity contribution in [2.24, 2.45) is 0 Å². The van der Waals surface area contributed by atoms with Crippen molar-refractivity contribution in [2.75, 3.05) is 6.61 Å². The summed E-state index contributed by atoms with van der Waals surface area (Å²) in [5.74, 6) is -0.341. The van der Waals surface area contributed by atoms with Crippen molar-refractivity contribution < 1.29 is 14.5 Å². The van der Waals surface area contributed by atoms with Gasteiger partial charge in [0.15, 0.2) is 0 Å². The molecule has 0 fully saturated rings. The van der Waals surface area contributed by atoms with Crippen LogP contribution in [0, 0.1) is 10.1 Å². The summed E-state index contributed by atoms with van der Waals surface area (Å²) in [5, 5.41) is 10.7. The van der Waals surface area contributed by atoms with E-state index in [9.17, 15) is 14.9 Å². The number of ether oxygens (including phenoxy) is 1. The smallest absolute Gasteiger partial charge is 0.330 e. The summed E-state index contributed by atoms with van der Waals surface area (Å²) in [6, 6.07) is 4.92. The van der Waals surface area contributed by atoms with Gasteiger partial charge in [0.2, 0.25) is 0 Å². The zero-order valence-corrected chi connectivity index (χ0v) is 10.7. The van der Waals surface area contributed by atoms with Crippen molar-refractivity contribution in [3.63, 3.8) is 0 Å². The van der Waals surface area contributed by atoms with Gasteiger partial charge in [-0.1, -0.05) is 11.6 Å². The Morgan fingerprint density at radius 1 is 1.42 bits per heavy atom. The predicted molar refractivity (Wildman–Crippen MR) is 69.8 cm³/mol. The zero-order valence-electron chi connectivity index (χ0n) is 10.7. The number of allylic oxidation sites excluding steroid dienone is 1. The second-order valence-electron chi connectivity index (χ2n) is 4.44. The molecule has 0 N–H and O–H groups in total. The number of aryl methyl sites for hydroxylation is 1. The minimum Gasteiger partial charge on any atom is -0.463 e. The molecule has 5 nitrogen and oxygen atoms in total. The van der Waals surface area contributed by atoms with Gasteiger partial charge in [-0.15, -0.1) is 0 Å². The first-order chi connectivity index (χ1) is 9.10. The van der Waals surface area contributed by atoms with E-state index < -0.39 is 4.92 Å². The summed E-state index contributed by atoms with van der Waals surface area (Å²) < 4.78 is 4.87. The minimum absolute atomic E-state index is 0.0936. The van der Waals surface area contributed by atoms with E-state index >= 15 is 0 Å². The highest BCUT2D eigenvalue weighted by atomic mass is 16.6. The van der Waals surface area contributed by atoms with Gasteiger partial charge >= 0.3 is 5.97 Å². The number of carbonyl (C=O) groups excluding carboxylic acids is 1. The number of carbonyl (C=O) groups is 1. The average Bonchev–Trinajstić information content (AvgIpc) is 2.38. The number of nitro benzene ring substituents is 1. The Kier molecular flexibility index (Phi) is 3.94. The molecule has 1 aromatic rings. The Morgan fingerprint density at radius 3 is 2.89 bits per heavy atom. The van der Waals surface area contributed by atoms with E-state index in [1.807, 2.05) is 0 Å². The van der Waals surface area contributed by atoms with Gasteiger partial charge in [0, 0.05) is 18.2 Å². The molecule has 0 saturated heterocycles. The van der Waals surface area contributed by atoms with Crippen LogP contribution in [-0.2, 0) is 22.4 Å². The molecule has 0 radical (unpaired) electrons. The number of hydrogen-bond donors (Lipinski definition) is 0. The van der Waals surface area contributed by atoms with Gasteiger partial charge in [-0.3, -0.25) is 10.1 Å². The summed E-state index contributed by atoms with van der Waals surface area (Å²) in [7, 11) is 0. The van der Waals surface area contributed by atoms with Gasteiger partial charge < -0.3 is 4.74 Å². The molecule has 0 unspecified atom stereocenters. The molecule has 0 aromatic heterocycles. The van der Waals surface area contributed by atoms with Crippen LogP contribution < -0.4 is 0 Å². The lowest BCUT2D eigenvalue weighted by atomic mass is 9.87. The molecule has 0 atom stereocenters. The molecule has 0 aliphatic heterocycles. The minimum atomic E-state index is -0.399. The Bertz CT molecular complexity index is 548. The van der Waals surface area contributed by atoms with E-state index in [1.165, 1.54) is 12.1 Å². The standard InChI is InChI=1S/C14H15NO4/c1-2-19-14(16)8-10-3-4-11-5-6-13(15(17)18)9-12(11)7-10/h5-6,8-9H,2-4,7H2,1H3. The molecule has 1 aromatic carbocycles. The lowest BCUT2D eigenvalue weighted by molar-refractivity contribution is -0.384. The summed E-state index contributed by atoms with van der Waals surface area (Å²) in [6.45, 7) is 2.11. The number of esters is 1. The van der Waals surface area contributed by atoms with Crippen LogP contribution in [0.25, 0.3) is 0 Å². The normalized spacial score (nSPS) is 15.9. The van der Waals surface area contributed by atoms with E-state index in [0.29, 0.717) is 13.0 Å². The Morgan fingerprint density at radius 2 is 2.21 bits per heavy atom. The summed E-state index contributed by atoms with van der Waals surface area (Å²) >= 11 is 0. The average molecular weight is 261 g/mol. The second kappa shape index (κ2) is 5.65. The molecule has 19 heavy (non-hydrogen) atoms. The van der Waals surface area contributed by atoms with Gasteiger partial charge in [-0.25, -0.2) is 4.79 Å². The van der Waals surface area contributed by atoms with Crippen molar-refractivity contribution in [1.82, 2.24) is 0 Å². The maximum atomic E-state index is 11.4. The van der Waals surface area contributed by atoms with Gasteiger partial charge in [0.1, 0.15) is 0 Å². The van der Waals surface area contributed by atoms with E-state index in [2.05, 4.69) is 0 Å². The monoisotopic (exact) mass is 261 g/mol. The Hall–Kier alpha value is -2.17. The molecular formula is C14H15NO4. The maximum absolute atomic E-state index is 11.4. The second-order valence-corrected chi connectivity index (χ2v) is 4.44. The van der Waals surface area contributed by atoms with Crippen LogP contribution in [0.15, 0.2) is 29.8 Å². The summed E-state index contributed by atoms with van der Waals surface area (Å²) in [6.07, 6.45) is 3.68. The van der Waals surface area contributed by atoms with Gasteiger partial charge in [-0.2, -0.15) is 0 Å². The zero-order chi connectivity index (χ0) is 13.8. The molecule has 0 saturated carbocycles. The molecule has 1 aliphatic carbocycles. The van der Waals surface area contributed by atoms with Gasteiger partial charge in [-0.05, 0) is 37.3 Å². The largest absolute Gasteiger partial charge is 0.463 e. The maximum Gasteiger partial charge on any atom is 0.330 e. The number of hydrogen-bond acceptors (Lipinski definition) is 4. The van der Waals surface area contributed by atoms with Crippen molar-refractivity contribution in [3.05, 3.63) is 51.1 Å². The van der Waals surface area contributed by atoms with Gasteiger partial charge in [0.05, 0.1) is 11.5 Å². The van der Waals surface area contributed by atoms with E-state index in [4.69, 9.17) is 4.74 Å². The molecule has 0 bridgehead atoms. The molecular weight excluding hydrogens is 246 g/mol. The number of fused-ring (bicyclic) bond motifs is 1. The SMILES string of the molecule is CCOC(=O)C=C1CCc2ccc([N+](=O)[O-])cc2C1. The summed E-state index contributed by atoms with van der Waals surface area (Å²) in [5.41, 5.74) is 3.10. The number of nitro groups is 1. The highest BCUT2D eigenvalue weighted by Gasteiger charge is 2.17. The highest BCUT2D eigenvalue weighted by Crippen LogP contribution is 2.28. The summed E-state index contributed by atoms with van der Waals surface area (Å²) in [4.78, 5) is 21.7. The Balaban J connectivity index is 2.20. The van der Waals surface area contributed by atoms with Crippen LogP contribution in [0.2, 0.25) is 0 Å². The van der Waals surface area contributed by atoms with Crippen molar-refractivity contribution in [1.29, 1.82) is 0 Å². The third-order valence-electron chi connectivity index (χ3n) is 3.14. The highest BCUT2D eigenvalue weighted by molar-refractivity contribution is 5.83. The Labute approximate surface area is 111 Å². The lowest BCUT2D eigenvalue weighted by Crippen LogP contribution is -2.09. The molecule has 0 heterocycles. The third-order valence-corrected chi connectivity index (χ3v) is 3.14. The number of rotatable bonds is 3. The number of non-ortho nitro benzene ring substituents is 1. The predicted octanol–water partition coefficient (Wildman–Crippen LogP) is 2.57. The molecule has 100 valence electrons. The molecule has 5 heteroatoms.